The van der Waals surface area contributed by atoms with Gasteiger partial charge in [0, 0.05) is 24.2 Å². The molecule has 0 heterocycles. The number of urea groups is 1. The van der Waals surface area contributed by atoms with Gasteiger partial charge in [-0.25, -0.2) is 4.79 Å². The van der Waals surface area contributed by atoms with Crippen molar-refractivity contribution in [2.75, 3.05) is 12.4 Å². The number of halogens is 1. The molecule has 0 aliphatic rings. The van der Waals surface area contributed by atoms with Gasteiger partial charge in [-0.15, -0.1) is 0 Å². The number of ether oxygens (including phenoxy) is 1. The third kappa shape index (κ3) is 6.29. The summed E-state index contributed by atoms with van der Waals surface area (Å²) in [4.78, 5) is 23.2. The number of methoxy groups -OCH3 is 1. The van der Waals surface area contributed by atoms with Crippen LogP contribution in [0.15, 0.2) is 48.5 Å². The number of hydrogen-bond acceptors (Lipinski definition) is 3. The Morgan fingerprint density at radius 2 is 1.92 bits per heavy atom. The van der Waals surface area contributed by atoms with Crippen molar-refractivity contribution < 1.29 is 19.4 Å². The second-order valence-corrected chi connectivity index (χ2v) is 6.17. The monoisotopic (exact) mass is 376 g/mol. The quantitative estimate of drug-likeness (QED) is 0.651. The molecule has 3 N–H and O–H groups in total. The summed E-state index contributed by atoms with van der Waals surface area (Å²) in [5.41, 5.74) is 1.55. The molecule has 2 aromatic rings. The molecule has 0 spiro atoms. The van der Waals surface area contributed by atoms with Crippen LogP contribution in [0, 0.1) is 0 Å². The van der Waals surface area contributed by atoms with Crippen LogP contribution >= 0.6 is 11.6 Å². The summed E-state index contributed by atoms with van der Waals surface area (Å²) >= 11 is 5.97. The highest BCUT2D eigenvalue weighted by Gasteiger charge is 2.15. The average molecular weight is 377 g/mol. The van der Waals surface area contributed by atoms with Crippen molar-refractivity contribution in [2.45, 2.75) is 25.3 Å². The summed E-state index contributed by atoms with van der Waals surface area (Å²) in [7, 11) is 1.49. The lowest BCUT2D eigenvalue weighted by molar-refractivity contribution is -0.137. The Balaban J connectivity index is 2.01. The Bertz CT molecular complexity index is 752. The number of nitrogens with one attached hydrogen (secondary N) is 2. The van der Waals surface area contributed by atoms with E-state index < -0.39 is 12.0 Å². The summed E-state index contributed by atoms with van der Waals surface area (Å²) in [6, 6.07) is 13.8. The first kappa shape index (κ1) is 19.6. The van der Waals surface area contributed by atoms with E-state index in [1.54, 1.807) is 18.2 Å². The second-order valence-electron chi connectivity index (χ2n) is 5.77. The van der Waals surface area contributed by atoms with Crippen LogP contribution < -0.4 is 15.4 Å². The smallest absolute Gasteiger partial charge is 0.319 e. The van der Waals surface area contributed by atoms with Gasteiger partial charge in [-0.05, 0) is 30.5 Å². The summed E-state index contributed by atoms with van der Waals surface area (Å²) in [5, 5.41) is 14.9. The Hall–Kier alpha value is -2.73. The standard InChI is InChI=1S/C19H21ClN2O4/c1-26-17-12-15(7-9-16(17)20)22-19(25)21-14(8-10-18(23)24)11-13-5-3-2-4-6-13/h2-7,9,12,14H,8,10-11H2,1H3,(H,23,24)(H2,21,22,25). The number of benzene rings is 2. The molecule has 7 heteroatoms. The van der Waals surface area contributed by atoms with Crippen LogP contribution in [-0.4, -0.2) is 30.3 Å². The fraction of sp³-hybridized carbons (Fsp3) is 0.263. The first-order chi connectivity index (χ1) is 12.5. The van der Waals surface area contributed by atoms with E-state index in [9.17, 15) is 9.59 Å². The van der Waals surface area contributed by atoms with Gasteiger partial charge in [0.25, 0.3) is 0 Å². The van der Waals surface area contributed by atoms with E-state index >= 15 is 0 Å². The molecule has 2 aromatic carbocycles. The highest BCUT2D eigenvalue weighted by molar-refractivity contribution is 6.32. The normalized spacial score (nSPS) is 11.5. The molecule has 0 fully saturated rings. The molecule has 0 aliphatic carbocycles. The van der Waals surface area contributed by atoms with Crippen LogP contribution in [-0.2, 0) is 11.2 Å². The zero-order valence-electron chi connectivity index (χ0n) is 14.4. The van der Waals surface area contributed by atoms with Crippen molar-refractivity contribution in [3.8, 4) is 5.75 Å². The number of aliphatic carboxylic acids is 1. The molecule has 2 rings (SSSR count). The summed E-state index contributed by atoms with van der Waals surface area (Å²) < 4.78 is 5.12. The van der Waals surface area contributed by atoms with Crippen molar-refractivity contribution in [1.82, 2.24) is 5.32 Å². The minimum atomic E-state index is -0.896. The lowest BCUT2D eigenvalue weighted by atomic mass is 10.0. The molecule has 0 bridgehead atoms. The number of amides is 2. The van der Waals surface area contributed by atoms with Crippen molar-refractivity contribution in [1.29, 1.82) is 0 Å². The van der Waals surface area contributed by atoms with Gasteiger partial charge >= 0.3 is 12.0 Å². The van der Waals surface area contributed by atoms with Crippen LogP contribution in [0.2, 0.25) is 5.02 Å². The molecule has 1 unspecified atom stereocenters. The van der Waals surface area contributed by atoms with Gasteiger partial charge in [0.15, 0.2) is 0 Å². The molecule has 26 heavy (non-hydrogen) atoms. The average Bonchev–Trinajstić information content (AvgIpc) is 2.62. The summed E-state index contributed by atoms with van der Waals surface area (Å²) in [6.45, 7) is 0. The van der Waals surface area contributed by atoms with Gasteiger partial charge in [-0.3, -0.25) is 4.79 Å². The van der Waals surface area contributed by atoms with E-state index in [0.717, 1.165) is 5.56 Å². The fourth-order valence-corrected chi connectivity index (χ4v) is 2.71. The number of carboxylic acids is 1. The van der Waals surface area contributed by atoms with E-state index in [-0.39, 0.29) is 12.5 Å². The highest BCUT2D eigenvalue weighted by atomic mass is 35.5. The van der Waals surface area contributed by atoms with Gasteiger partial charge in [0.2, 0.25) is 0 Å². The van der Waals surface area contributed by atoms with E-state index in [1.165, 1.54) is 7.11 Å². The Morgan fingerprint density at radius 1 is 1.19 bits per heavy atom. The number of rotatable bonds is 8. The van der Waals surface area contributed by atoms with E-state index in [0.29, 0.717) is 29.3 Å². The maximum Gasteiger partial charge on any atom is 0.319 e. The van der Waals surface area contributed by atoms with Gasteiger partial charge in [0.1, 0.15) is 5.75 Å². The lowest BCUT2D eigenvalue weighted by Crippen LogP contribution is -2.39. The number of carbonyl (C=O) groups excluding carboxylic acids is 1. The zero-order chi connectivity index (χ0) is 18.9. The maximum absolute atomic E-state index is 12.3. The Kier molecular flexibility index (Phi) is 7.29. The highest BCUT2D eigenvalue weighted by Crippen LogP contribution is 2.27. The van der Waals surface area contributed by atoms with Crippen molar-refractivity contribution in [3.05, 3.63) is 59.1 Å². The van der Waals surface area contributed by atoms with Gasteiger partial charge in [-0.2, -0.15) is 0 Å². The van der Waals surface area contributed by atoms with Crippen LogP contribution in [0.3, 0.4) is 0 Å². The molecular weight excluding hydrogens is 356 g/mol. The third-order valence-corrected chi connectivity index (χ3v) is 4.09. The van der Waals surface area contributed by atoms with Crippen LogP contribution in [0.5, 0.6) is 5.75 Å². The third-order valence-electron chi connectivity index (χ3n) is 3.78. The largest absolute Gasteiger partial charge is 0.495 e. The molecule has 0 radical (unpaired) electrons. The van der Waals surface area contributed by atoms with Crippen molar-refractivity contribution >= 4 is 29.3 Å². The summed E-state index contributed by atoms with van der Waals surface area (Å²) in [6.07, 6.45) is 0.861. The van der Waals surface area contributed by atoms with Crippen LogP contribution in [0.1, 0.15) is 18.4 Å². The summed E-state index contributed by atoms with van der Waals surface area (Å²) in [5.74, 6) is -0.441. The van der Waals surface area contributed by atoms with Crippen LogP contribution in [0.25, 0.3) is 0 Å². The maximum atomic E-state index is 12.3. The lowest BCUT2D eigenvalue weighted by Gasteiger charge is -2.19. The Labute approximate surface area is 157 Å². The topological polar surface area (TPSA) is 87.7 Å². The molecule has 0 aliphatic heterocycles. The van der Waals surface area contributed by atoms with Gasteiger partial charge in [-0.1, -0.05) is 41.9 Å². The fourth-order valence-electron chi connectivity index (χ4n) is 2.51. The first-order valence-corrected chi connectivity index (χ1v) is 8.52. The Morgan fingerprint density at radius 3 is 2.58 bits per heavy atom. The molecular formula is C19H21ClN2O4. The van der Waals surface area contributed by atoms with Gasteiger partial charge < -0.3 is 20.5 Å². The zero-order valence-corrected chi connectivity index (χ0v) is 15.1. The van der Waals surface area contributed by atoms with E-state index in [4.69, 9.17) is 21.4 Å². The number of anilines is 1. The number of hydrogen-bond donors (Lipinski definition) is 3. The van der Waals surface area contributed by atoms with Crippen molar-refractivity contribution in [3.63, 3.8) is 0 Å². The van der Waals surface area contributed by atoms with E-state index in [2.05, 4.69) is 10.6 Å². The molecule has 0 aromatic heterocycles. The molecule has 1 atom stereocenters. The van der Waals surface area contributed by atoms with E-state index in [1.807, 2.05) is 30.3 Å². The predicted octanol–water partition coefficient (Wildman–Crippen LogP) is 3.95. The molecule has 0 saturated heterocycles. The second kappa shape index (κ2) is 9.68. The molecule has 138 valence electrons. The minimum absolute atomic E-state index is 0.0213. The molecule has 6 nitrogen and oxygen atoms in total. The number of carbonyl (C=O) groups is 2. The first-order valence-electron chi connectivity index (χ1n) is 8.14. The number of carboxylic acid groups (broad SMARTS) is 1. The molecule has 2 amide bonds. The van der Waals surface area contributed by atoms with Crippen LogP contribution in [0.4, 0.5) is 10.5 Å². The predicted molar refractivity (Wildman–Crippen MR) is 101 cm³/mol. The molecule has 0 saturated carbocycles. The minimum Gasteiger partial charge on any atom is -0.495 e. The SMILES string of the molecule is COc1cc(NC(=O)NC(CCC(=O)O)Cc2ccccc2)ccc1Cl. The van der Waals surface area contributed by atoms with Crippen molar-refractivity contribution in [2.24, 2.45) is 0 Å². The van der Waals surface area contributed by atoms with Gasteiger partial charge in [0.05, 0.1) is 12.1 Å².